The maximum atomic E-state index is 14.5. The van der Waals surface area contributed by atoms with E-state index in [2.05, 4.69) is 38.6 Å². The third kappa shape index (κ3) is 5.42. The summed E-state index contributed by atoms with van der Waals surface area (Å²) in [6, 6.07) is 1.93. The van der Waals surface area contributed by atoms with E-state index in [9.17, 15) is 18.0 Å². The van der Waals surface area contributed by atoms with Crippen LogP contribution < -0.4 is 15.2 Å². The van der Waals surface area contributed by atoms with E-state index in [4.69, 9.17) is 4.74 Å². The number of fused-ring (bicyclic) bond motifs is 2. The number of anilines is 2. The summed E-state index contributed by atoms with van der Waals surface area (Å²) in [6.07, 6.45) is 3.50. The number of nitrogens with zero attached hydrogens (tertiary/aromatic N) is 6. The van der Waals surface area contributed by atoms with E-state index >= 15 is 0 Å². The molecule has 5 aliphatic rings. The van der Waals surface area contributed by atoms with Crippen LogP contribution in [0.15, 0.2) is 36.1 Å². The van der Waals surface area contributed by atoms with Gasteiger partial charge in [-0.05, 0) is 38.3 Å². The molecule has 4 saturated heterocycles. The minimum Gasteiger partial charge on any atom is -0.368 e. The number of piperazine rings is 1. The molecule has 1 amide bonds. The van der Waals surface area contributed by atoms with Crippen molar-refractivity contribution >= 4 is 23.5 Å². The first kappa shape index (κ1) is 30.0. The van der Waals surface area contributed by atoms with Crippen molar-refractivity contribution in [1.82, 2.24) is 25.2 Å². The molecule has 1 aromatic heterocycles. The van der Waals surface area contributed by atoms with Crippen LogP contribution in [0.3, 0.4) is 0 Å². The van der Waals surface area contributed by atoms with Crippen molar-refractivity contribution in [2.75, 3.05) is 82.0 Å². The van der Waals surface area contributed by atoms with E-state index in [0.29, 0.717) is 69.6 Å². The van der Waals surface area contributed by atoms with Gasteiger partial charge in [0.15, 0.2) is 0 Å². The number of nitrogens with one attached hydrogen (secondary N) is 1. The first-order valence-electron chi connectivity index (χ1n) is 15.3. The average molecular weight is 602 g/mol. The summed E-state index contributed by atoms with van der Waals surface area (Å²) in [5, 5.41) is 1.96. The monoisotopic (exact) mass is 601 g/mol. The van der Waals surface area contributed by atoms with Crippen LogP contribution >= 0.6 is 0 Å². The van der Waals surface area contributed by atoms with Gasteiger partial charge in [0.25, 0.3) is 6.43 Å². The van der Waals surface area contributed by atoms with Gasteiger partial charge in [-0.15, -0.1) is 0 Å². The standard InChI is InChI=1S/C31H42F3N7O2/c1-4-6-24-25(40-18-23(19-40)37-11-13-39(14-12-37)27(42)5-2)15-26(36-28(24)30(33)34)38-9-7-31(8-10-38)29-21(3)17-35-41(29)22(16-32)20-43-31/h4-6,15,22-23,30,35H,2,7-14,16-20H2,1,3H3/b6-4-. The van der Waals surface area contributed by atoms with Crippen molar-refractivity contribution in [3.05, 3.63) is 47.3 Å². The van der Waals surface area contributed by atoms with Gasteiger partial charge in [0.1, 0.15) is 23.8 Å². The SMILES string of the molecule is C=CC(=O)N1CCN(C2CN(c3cc(N4CCC5(CC4)OCC(CF)N4NCC(C)=C45)nc(C(F)F)c3/C=C\C)C2)CC1. The van der Waals surface area contributed by atoms with Crippen molar-refractivity contribution in [3.63, 3.8) is 0 Å². The lowest BCUT2D eigenvalue weighted by Gasteiger charge is -2.51. The van der Waals surface area contributed by atoms with Gasteiger partial charge in [-0.25, -0.2) is 23.6 Å². The lowest BCUT2D eigenvalue weighted by atomic mass is 9.84. The van der Waals surface area contributed by atoms with Crippen LogP contribution in [0.5, 0.6) is 0 Å². The summed E-state index contributed by atoms with van der Waals surface area (Å²) < 4.78 is 49.0. The maximum Gasteiger partial charge on any atom is 0.281 e. The lowest BCUT2D eigenvalue weighted by molar-refractivity contribution is -0.128. The van der Waals surface area contributed by atoms with Crippen molar-refractivity contribution in [1.29, 1.82) is 0 Å². The van der Waals surface area contributed by atoms with E-state index in [-0.39, 0.29) is 17.6 Å². The highest BCUT2D eigenvalue weighted by molar-refractivity contribution is 5.87. The number of piperidine rings is 1. The van der Waals surface area contributed by atoms with Gasteiger partial charge in [-0.1, -0.05) is 18.7 Å². The number of allylic oxidation sites excluding steroid dienone is 1. The highest BCUT2D eigenvalue weighted by Crippen LogP contribution is 2.44. The Morgan fingerprint density at radius 3 is 2.53 bits per heavy atom. The molecule has 1 atom stereocenters. The van der Waals surface area contributed by atoms with E-state index in [0.717, 1.165) is 43.1 Å². The van der Waals surface area contributed by atoms with Gasteiger partial charge in [0.2, 0.25) is 5.91 Å². The van der Waals surface area contributed by atoms with Crippen LogP contribution in [0.1, 0.15) is 44.4 Å². The van der Waals surface area contributed by atoms with Crippen molar-refractivity contribution in [2.45, 2.75) is 50.8 Å². The molecule has 1 spiro atoms. The predicted octanol–water partition coefficient (Wildman–Crippen LogP) is 3.37. The van der Waals surface area contributed by atoms with Gasteiger partial charge in [0, 0.05) is 82.3 Å². The highest BCUT2D eigenvalue weighted by atomic mass is 19.3. The number of morpholine rings is 1. The molecule has 43 heavy (non-hydrogen) atoms. The quantitative estimate of drug-likeness (QED) is 0.478. The fraction of sp³-hybridized carbons (Fsp3) is 0.613. The highest BCUT2D eigenvalue weighted by Gasteiger charge is 2.50. The third-order valence-corrected chi connectivity index (χ3v) is 9.69. The molecule has 6 heterocycles. The Bertz CT molecular complexity index is 1280. The molecule has 0 saturated carbocycles. The van der Waals surface area contributed by atoms with Crippen molar-refractivity contribution in [2.24, 2.45) is 0 Å². The molecule has 1 aromatic rings. The Labute approximate surface area is 251 Å². The van der Waals surface area contributed by atoms with Crippen LogP contribution in [0.4, 0.5) is 24.7 Å². The summed E-state index contributed by atoms with van der Waals surface area (Å²) >= 11 is 0. The minimum atomic E-state index is -2.71. The largest absolute Gasteiger partial charge is 0.368 e. The predicted molar refractivity (Wildman–Crippen MR) is 161 cm³/mol. The van der Waals surface area contributed by atoms with Crippen LogP contribution in [0.25, 0.3) is 6.08 Å². The normalized spacial score (nSPS) is 24.8. The number of halogens is 3. The second-order valence-corrected chi connectivity index (χ2v) is 12.2. The summed E-state index contributed by atoms with van der Waals surface area (Å²) in [6.45, 7) is 13.5. The van der Waals surface area contributed by atoms with Crippen LogP contribution in [0, 0.1) is 0 Å². The number of hydrazine groups is 1. The zero-order valence-electron chi connectivity index (χ0n) is 25.1. The number of ether oxygens (including phenoxy) is 1. The number of carbonyl (C=O) groups excluding carboxylic acids is 1. The molecule has 4 fully saturated rings. The average Bonchev–Trinajstić information content (AvgIpc) is 3.40. The van der Waals surface area contributed by atoms with Gasteiger partial charge < -0.3 is 24.4 Å². The first-order chi connectivity index (χ1) is 20.8. The summed E-state index contributed by atoms with van der Waals surface area (Å²) in [7, 11) is 0. The second-order valence-electron chi connectivity index (χ2n) is 12.2. The number of alkyl halides is 3. The fourth-order valence-corrected chi connectivity index (χ4v) is 7.28. The topological polar surface area (TPSA) is 67.4 Å². The second kappa shape index (κ2) is 12.1. The molecule has 5 aliphatic heterocycles. The molecule has 9 nitrogen and oxygen atoms in total. The van der Waals surface area contributed by atoms with Gasteiger partial charge in [-0.2, -0.15) is 0 Å². The van der Waals surface area contributed by atoms with Crippen LogP contribution in [-0.4, -0.2) is 116 Å². The van der Waals surface area contributed by atoms with Gasteiger partial charge in [-0.3, -0.25) is 9.69 Å². The Kier molecular flexibility index (Phi) is 8.45. The maximum absolute atomic E-state index is 14.5. The van der Waals surface area contributed by atoms with E-state index in [1.807, 2.05) is 22.9 Å². The molecule has 12 heteroatoms. The van der Waals surface area contributed by atoms with Gasteiger partial charge >= 0.3 is 0 Å². The summed E-state index contributed by atoms with van der Waals surface area (Å²) in [4.78, 5) is 24.9. The number of carbonyl (C=O) groups is 1. The molecule has 1 N–H and O–H groups in total. The molecule has 1 unspecified atom stereocenters. The number of hydrogen-bond donors (Lipinski definition) is 1. The molecule has 0 aliphatic carbocycles. The molecular weight excluding hydrogens is 559 g/mol. The van der Waals surface area contributed by atoms with Crippen molar-refractivity contribution in [3.8, 4) is 0 Å². The molecule has 234 valence electrons. The van der Waals surface area contributed by atoms with E-state index in [1.165, 1.54) is 6.08 Å². The Balaban J connectivity index is 1.19. The smallest absolute Gasteiger partial charge is 0.281 e. The van der Waals surface area contributed by atoms with Crippen molar-refractivity contribution < 1.29 is 22.7 Å². The zero-order valence-corrected chi connectivity index (χ0v) is 25.1. The van der Waals surface area contributed by atoms with E-state index in [1.54, 1.807) is 12.2 Å². The summed E-state index contributed by atoms with van der Waals surface area (Å²) in [5.41, 5.74) is 6.05. The molecular formula is C31H42F3N7O2. The van der Waals surface area contributed by atoms with Crippen LogP contribution in [0.2, 0.25) is 0 Å². The number of rotatable bonds is 7. The number of pyridine rings is 1. The lowest BCUT2D eigenvalue weighted by Crippen LogP contribution is -2.63. The Morgan fingerprint density at radius 1 is 1.19 bits per heavy atom. The fourth-order valence-electron chi connectivity index (χ4n) is 7.28. The Hall–Kier alpha value is -3.09. The third-order valence-electron chi connectivity index (χ3n) is 9.69. The molecule has 6 rings (SSSR count). The van der Waals surface area contributed by atoms with Gasteiger partial charge in [0.05, 0.1) is 18.3 Å². The van der Waals surface area contributed by atoms with Crippen LogP contribution in [-0.2, 0) is 9.53 Å². The first-order valence-corrected chi connectivity index (χ1v) is 15.3. The molecule has 0 bridgehead atoms. The summed E-state index contributed by atoms with van der Waals surface area (Å²) in [5.74, 6) is 0.513. The zero-order chi connectivity index (χ0) is 30.3. The van der Waals surface area contributed by atoms with E-state index < -0.39 is 18.7 Å². The number of aromatic nitrogens is 1. The minimum absolute atomic E-state index is 0.0403. The molecule has 0 radical (unpaired) electrons. The number of amides is 1. The number of hydrogen-bond acceptors (Lipinski definition) is 8. The molecule has 0 aromatic carbocycles. The Morgan fingerprint density at radius 2 is 1.91 bits per heavy atom.